The fourth-order valence-corrected chi connectivity index (χ4v) is 3.77. The molecule has 5 nitrogen and oxygen atoms in total. The SMILES string of the molecule is CC(=O)C[C@]1(O)C(=O)N(CCOc2ccc3ccccc3c2)c2ccccc21. The number of hydrogen-bond acceptors (Lipinski definition) is 4. The molecule has 142 valence electrons. The molecule has 1 aliphatic heterocycles. The van der Waals surface area contributed by atoms with Gasteiger partial charge in [-0.1, -0.05) is 48.5 Å². The minimum absolute atomic E-state index is 0.231. The molecule has 28 heavy (non-hydrogen) atoms. The van der Waals surface area contributed by atoms with E-state index in [1.807, 2.05) is 48.5 Å². The van der Waals surface area contributed by atoms with E-state index in [9.17, 15) is 14.7 Å². The summed E-state index contributed by atoms with van der Waals surface area (Å²) >= 11 is 0. The molecule has 0 bridgehead atoms. The highest BCUT2D eigenvalue weighted by Crippen LogP contribution is 2.42. The number of carbonyl (C=O) groups excluding carboxylic acids is 2. The monoisotopic (exact) mass is 375 g/mol. The largest absolute Gasteiger partial charge is 0.492 e. The van der Waals surface area contributed by atoms with Crippen molar-refractivity contribution in [3.63, 3.8) is 0 Å². The Balaban J connectivity index is 1.51. The molecular formula is C23H21NO4. The molecule has 1 aliphatic rings. The van der Waals surface area contributed by atoms with E-state index in [2.05, 4.69) is 0 Å². The number of carbonyl (C=O) groups is 2. The number of Topliss-reactive ketones (excluding diaryl/α,β-unsaturated/α-hetero) is 1. The average molecular weight is 375 g/mol. The van der Waals surface area contributed by atoms with Crippen molar-refractivity contribution in [2.24, 2.45) is 0 Å². The van der Waals surface area contributed by atoms with Crippen molar-refractivity contribution in [3.8, 4) is 5.75 Å². The Labute approximate surface area is 163 Å². The third-order valence-corrected chi connectivity index (χ3v) is 5.05. The van der Waals surface area contributed by atoms with Gasteiger partial charge < -0.3 is 14.7 Å². The fraction of sp³-hybridized carbons (Fsp3) is 0.217. The van der Waals surface area contributed by atoms with Gasteiger partial charge in [0, 0.05) is 12.0 Å². The lowest BCUT2D eigenvalue weighted by Crippen LogP contribution is -2.43. The Morgan fingerprint density at radius 2 is 1.75 bits per heavy atom. The molecule has 5 heteroatoms. The predicted octanol–water partition coefficient (Wildman–Crippen LogP) is 3.43. The van der Waals surface area contributed by atoms with Crippen molar-refractivity contribution in [1.29, 1.82) is 0 Å². The zero-order chi connectivity index (χ0) is 19.7. The first-order chi connectivity index (χ1) is 13.5. The van der Waals surface area contributed by atoms with Crippen LogP contribution in [-0.4, -0.2) is 29.9 Å². The first-order valence-electron chi connectivity index (χ1n) is 9.24. The number of rotatable bonds is 6. The minimum atomic E-state index is -1.80. The summed E-state index contributed by atoms with van der Waals surface area (Å²) in [4.78, 5) is 26.0. The molecule has 1 amide bonds. The van der Waals surface area contributed by atoms with Gasteiger partial charge in [0.15, 0.2) is 5.60 Å². The summed E-state index contributed by atoms with van der Waals surface area (Å²) in [6, 6.07) is 20.9. The van der Waals surface area contributed by atoms with Crippen LogP contribution in [0.1, 0.15) is 18.9 Å². The van der Waals surface area contributed by atoms with E-state index in [1.54, 1.807) is 18.2 Å². The van der Waals surface area contributed by atoms with Crippen LogP contribution < -0.4 is 9.64 Å². The topological polar surface area (TPSA) is 66.8 Å². The van der Waals surface area contributed by atoms with Crippen LogP contribution in [0.15, 0.2) is 66.7 Å². The van der Waals surface area contributed by atoms with E-state index in [1.165, 1.54) is 11.8 Å². The number of nitrogens with zero attached hydrogens (tertiary/aromatic N) is 1. The number of fused-ring (bicyclic) bond motifs is 2. The summed E-state index contributed by atoms with van der Waals surface area (Å²) in [6.45, 7) is 1.93. The van der Waals surface area contributed by atoms with Crippen molar-refractivity contribution in [2.75, 3.05) is 18.1 Å². The number of amides is 1. The van der Waals surface area contributed by atoms with Gasteiger partial charge >= 0.3 is 0 Å². The zero-order valence-corrected chi connectivity index (χ0v) is 15.6. The van der Waals surface area contributed by atoms with E-state index in [-0.39, 0.29) is 25.4 Å². The van der Waals surface area contributed by atoms with Gasteiger partial charge in [-0.2, -0.15) is 0 Å². The molecule has 0 fully saturated rings. The van der Waals surface area contributed by atoms with Gasteiger partial charge in [0.1, 0.15) is 18.1 Å². The number of ether oxygens (including phenoxy) is 1. The molecule has 1 N–H and O–H groups in total. The Morgan fingerprint density at radius 1 is 1.04 bits per heavy atom. The van der Waals surface area contributed by atoms with Crippen LogP contribution in [0, 0.1) is 0 Å². The van der Waals surface area contributed by atoms with Crippen LogP contribution in [0.5, 0.6) is 5.75 Å². The quantitative estimate of drug-likeness (QED) is 0.717. The van der Waals surface area contributed by atoms with Crippen LogP contribution >= 0.6 is 0 Å². The van der Waals surface area contributed by atoms with Crippen molar-refractivity contribution in [3.05, 3.63) is 72.3 Å². The molecule has 0 aliphatic carbocycles. The molecule has 3 aromatic rings. The maximum atomic E-state index is 12.9. The molecule has 1 heterocycles. The summed E-state index contributed by atoms with van der Waals surface area (Å²) in [5.41, 5.74) is -0.704. The lowest BCUT2D eigenvalue weighted by Gasteiger charge is -2.22. The lowest BCUT2D eigenvalue weighted by atomic mass is 9.90. The normalized spacial score (nSPS) is 18.4. The maximum absolute atomic E-state index is 12.9. The second-order valence-corrected chi connectivity index (χ2v) is 7.07. The van der Waals surface area contributed by atoms with Gasteiger partial charge in [0.05, 0.1) is 12.2 Å². The Bertz CT molecular complexity index is 1060. The summed E-state index contributed by atoms with van der Waals surface area (Å²) in [6.07, 6.45) is -0.231. The smallest absolute Gasteiger partial charge is 0.264 e. The van der Waals surface area contributed by atoms with Gasteiger partial charge in [0.2, 0.25) is 0 Å². The van der Waals surface area contributed by atoms with E-state index in [0.717, 1.165) is 16.5 Å². The van der Waals surface area contributed by atoms with Crippen LogP contribution in [0.2, 0.25) is 0 Å². The van der Waals surface area contributed by atoms with Crippen molar-refractivity contribution >= 4 is 28.2 Å². The van der Waals surface area contributed by atoms with Gasteiger partial charge in [0.25, 0.3) is 5.91 Å². The van der Waals surface area contributed by atoms with Crippen LogP contribution in [0.3, 0.4) is 0 Å². The first-order valence-corrected chi connectivity index (χ1v) is 9.24. The average Bonchev–Trinajstić information content (AvgIpc) is 2.89. The number of ketones is 1. The number of anilines is 1. The van der Waals surface area contributed by atoms with E-state index in [0.29, 0.717) is 11.3 Å². The molecule has 0 saturated carbocycles. The van der Waals surface area contributed by atoms with Gasteiger partial charge in [-0.05, 0) is 35.9 Å². The number of hydrogen-bond donors (Lipinski definition) is 1. The van der Waals surface area contributed by atoms with Crippen LogP contribution in [-0.2, 0) is 15.2 Å². The van der Waals surface area contributed by atoms with Gasteiger partial charge in [-0.15, -0.1) is 0 Å². The summed E-state index contributed by atoms with van der Waals surface area (Å²) in [5.74, 6) is 0.00329. The second kappa shape index (κ2) is 7.09. The van der Waals surface area contributed by atoms with Crippen molar-refractivity contribution in [2.45, 2.75) is 18.9 Å². The molecule has 0 aromatic heterocycles. The Hall–Kier alpha value is -3.18. The third kappa shape index (κ3) is 3.14. The standard InChI is InChI=1S/C23H21NO4/c1-16(25)15-23(27)20-8-4-5-9-21(20)24(22(23)26)12-13-28-19-11-10-17-6-2-3-7-18(17)14-19/h2-11,14,27H,12-13,15H2,1H3/t23-/m1/s1. The number of para-hydroxylation sites is 1. The molecule has 0 saturated heterocycles. The molecular weight excluding hydrogens is 354 g/mol. The molecule has 0 unspecified atom stereocenters. The predicted molar refractivity (Wildman–Crippen MR) is 107 cm³/mol. The second-order valence-electron chi connectivity index (χ2n) is 7.07. The highest BCUT2D eigenvalue weighted by atomic mass is 16.5. The van der Waals surface area contributed by atoms with Crippen molar-refractivity contribution < 1.29 is 19.4 Å². The van der Waals surface area contributed by atoms with Crippen LogP contribution in [0.25, 0.3) is 10.8 Å². The van der Waals surface area contributed by atoms with Crippen LogP contribution in [0.4, 0.5) is 5.69 Å². The lowest BCUT2D eigenvalue weighted by molar-refractivity contribution is -0.141. The fourth-order valence-electron chi connectivity index (χ4n) is 3.77. The Morgan fingerprint density at radius 3 is 2.54 bits per heavy atom. The number of benzene rings is 3. The van der Waals surface area contributed by atoms with E-state index in [4.69, 9.17) is 4.74 Å². The highest BCUT2D eigenvalue weighted by Gasteiger charge is 2.50. The molecule has 4 rings (SSSR count). The van der Waals surface area contributed by atoms with Gasteiger partial charge in [-0.25, -0.2) is 0 Å². The summed E-state index contributed by atoms with van der Waals surface area (Å²) in [7, 11) is 0. The zero-order valence-electron chi connectivity index (χ0n) is 15.6. The molecule has 1 atom stereocenters. The minimum Gasteiger partial charge on any atom is -0.492 e. The third-order valence-electron chi connectivity index (χ3n) is 5.05. The maximum Gasteiger partial charge on any atom is 0.264 e. The van der Waals surface area contributed by atoms with Gasteiger partial charge in [-0.3, -0.25) is 9.59 Å². The molecule has 3 aromatic carbocycles. The highest BCUT2D eigenvalue weighted by molar-refractivity contribution is 6.08. The Kier molecular flexibility index (Phi) is 4.61. The van der Waals surface area contributed by atoms with E-state index < -0.39 is 11.5 Å². The summed E-state index contributed by atoms with van der Waals surface area (Å²) in [5, 5.41) is 13.1. The summed E-state index contributed by atoms with van der Waals surface area (Å²) < 4.78 is 5.85. The first kappa shape index (κ1) is 18.2. The van der Waals surface area contributed by atoms with E-state index >= 15 is 0 Å². The number of aliphatic hydroxyl groups is 1. The van der Waals surface area contributed by atoms with Crippen molar-refractivity contribution in [1.82, 2.24) is 0 Å². The molecule has 0 spiro atoms. The molecule has 0 radical (unpaired) electrons.